The van der Waals surface area contributed by atoms with Gasteiger partial charge in [-0.1, -0.05) is 48.0 Å². The number of fused-ring (bicyclic) bond motifs is 1. The molecule has 0 bridgehead atoms. The van der Waals surface area contributed by atoms with Gasteiger partial charge in [0.05, 0.1) is 17.7 Å². The molecule has 0 aromatic heterocycles. The average Bonchev–Trinajstić information content (AvgIpc) is 2.55. The molecule has 25 heavy (non-hydrogen) atoms. The zero-order chi connectivity index (χ0) is 17.8. The van der Waals surface area contributed by atoms with E-state index in [1.54, 1.807) is 0 Å². The number of carbonyl (C=O) groups is 2. The predicted octanol–water partition coefficient (Wildman–Crippen LogP) is 1.61. The third-order valence-electron chi connectivity index (χ3n) is 4.34. The van der Waals surface area contributed by atoms with E-state index >= 15 is 0 Å². The lowest BCUT2D eigenvalue weighted by molar-refractivity contribution is -0.122. The molecule has 0 radical (unpaired) electrons. The molecule has 0 fully saturated rings. The number of aryl methyl sites for hydroxylation is 2. The Balaban J connectivity index is 1.56. The van der Waals surface area contributed by atoms with Crippen molar-refractivity contribution in [2.75, 3.05) is 6.54 Å². The molecule has 0 saturated heterocycles. The molecule has 3 rings (SSSR count). The smallest absolute Gasteiger partial charge is 0.253 e. The van der Waals surface area contributed by atoms with Gasteiger partial charge < -0.3 is 5.32 Å². The normalized spacial score (nSPS) is 15.8. The van der Waals surface area contributed by atoms with Crippen molar-refractivity contribution < 1.29 is 9.59 Å². The summed E-state index contributed by atoms with van der Waals surface area (Å²) in [6.07, 6.45) is 2.88. The van der Waals surface area contributed by atoms with Crippen LogP contribution in [0.2, 0.25) is 0 Å². The Labute approximate surface area is 147 Å². The van der Waals surface area contributed by atoms with Gasteiger partial charge in [0.2, 0.25) is 5.91 Å². The number of nitrogens with one attached hydrogen (secondary N) is 1. The number of amides is 2. The lowest BCUT2D eigenvalue weighted by atomic mass is 9.99. The van der Waals surface area contributed by atoms with Crippen LogP contribution < -0.4 is 15.9 Å². The maximum Gasteiger partial charge on any atom is 0.253 e. The van der Waals surface area contributed by atoms with Crippen LogP contribution in [0.25, 0.3) is 6.08 Å². The summed E-state index contributed by atoms with van der Waals surface area (Å²) in [6, 6.07) is 13.8. The first-order chi connectivity index (χ1) is 12.0. The van der Waals surface area contributed by atoms with Crippen molar-refractivity contribution in [3.63, 3.8) is 0 Å². The largest absolute Gasteiger partial charge is 0.356 e. The molecule has 1 N–H and O–H groups in total. The summed E-state index contributed by atoms with van der Waals surface area (Å²) in [6.45, 7) is 4.46. The van der Waals surface area contributed by atoms with E-state index in [0.717, 1.165) is 27.3 Å². The van der Waals surface area contributed by atoms with Crippen LogP contribution in [0.1, 0.15) is 23.1 Å². The fourth-order valence-corrected chi connectivity index (χ4v) is 3.03. The highest BCUT2D eigenvalue weighted by atomic mass is 16.2. The lowest BCUT2D eigenvalue weighted by Crippen LogP contribution is -2.35. The number of hydrogen-bond donors (Lipinski definition) is 1. The molecular formula is C21H22N2O2. The van der Waals surface area contributed by atoms with Gasteiger partial charge >= 0.3 is 0 Å². The molecule has 1 aliphatic rings. The summed E-state index contributed by atoms with van der Waals surface area (Å²) in [5, 5.41) is 4.63. The molecule has 0 aliphatic carbocycles. The zero-order valence-electron chi connectivity index (χ0n) is 14.6. The second-order valence-electron chi connectivity index (χ2n) is 6.59. The second-order valence-corrected chi connectivity index (χ2v) is 6.59. The third kappa shape index (κ3) is 4.41. The zero-order valence-corrected chi connectivity index (χ0v) is 14.6. The number of benzene rings is 2. The van der Waals surface area contributed by atoms with Gasteiger partial charge in [0.25, 0.3) is 5.91 Å². The highest BCUT2D eigenvalue weighted by Gasteiger charge is 2.18. The summed E-state index contributed by atoms with van der Waals surface area (Å²) in [4.78, 5) is 28.4. The topological polar surface area (TPSA) is 58.5 Å². The van der Waals surface area contributed by atoms with Crippen molar-refractivity contribution in [3.05, 3.63) is 69.7 Å². The quantitative estimate of drug-likeness (QED) is 0.903. The van der Waals surface area contributed by atoms with E-state index in [2.05, 4.69) is 10.3 Å². The molecule has 4 heteroatoms. The fraction of sp³-hybridized carbons (Fsp3) is 0.286. The van der Waals surface area contributed by atoms with Crippen LogP contribution in [0.15, 0.2) is 47.5 Å². The van der Waals surface area contributed by atoms with Gasteiger partial charge in [-0.05, 0) is 42.7 Å². The lowest BCUT2D eigenvalue weighted by Gasteiger charge is -2.13. The molecule has 1 aliphatic heterocycles. The summed E-state index contributed by atoms with van der Waals surface area (Å²) in [5.41, 5.74) is 3.23. The molecule has 1 unspecified atom stereocenters. The Morgan fingerprint density at radius 1 is 1.12 bits per heavy atom. The minimum Gasteiger partial charge on any atom is -0.356 e. The van der Waals surface area contributed by atoms with Gasteiger partial charge in [-0.25, -0.2) is 4.99 Å². The average molecular weight is 334 g/mol. The van der Waals surface area contributed by atoms with E-state index in [-0.39, 0.29) is 17.7 Å². The molecule has 0 spiro atoms. The maximum atomic E-state index is 12.2. The monoisotopic (exact) mass is 334 g/mol. The van der Waals surface area contributed by atoms with Gasteiger partial charge in [0.1, 0.15) is 0 Å². The van der Waals surface area contributed by atoms with Gasteiger partial charge in [-0.2, -0.15) is 0 Å². The van der Waals surface area contributed by atoms with Gasteiger partial charge in [-0.3, -0.25) is 9.59 Å². The highest BCUT2D eigenvalue weighted by molar-refractivity contribution is 5.86. The Kier molecular flexibility index (Phi) is 5.08. The van der Waals surface area contributed by atoms with Crippen LogP contribution in [0, 0.1) is 19.8 Å². The summed E-state index contributed by atoms with van der Waals surface area (Å²) in [7, 11) is 0. The van der Waals surface area contributed by atoms with Gasteiger partial charge in [0.15, 0.2) is 0 Å². The standard InChI is InChI=1S/C21H22N2O2/c1-14-4-3-5-16(10-14)12-20(24)22-9-8-18-13-17-7-6-15(2)11-19(17)23-21(18)25/h3-7,10-11,13,18H,8-9,12H2,1-2H3,(H,22,24). The molecule has 2 amide bonds. The summed E-state index contributed by atoms with van der Waals surface area (Å²) in [5.74, 6) is -0.428. The molecule has 0 saturated carbocycles. The third-order valence-corrected chi connectivity index (χ3v) is 4.34. The van der Waals surface area contributed by atoms with E-state index in [0.29, 0.717) is 19.4 Å². The van der Waals surface area contributed by atoms with E-state index in [1.807, 2.05) is 62.4 Å². The number of nitrogens with zero attached hydrogens (tertiary/aromatic N) is 1. The van der Waals surface area contributed by atoms with E-state index in [4.69, 9.17) is 0 Å². The van der Waals surface area contributed by atoms with Gasteiger partial charge in [0, 0.05) is 6.54 Å². The van der Waals surface area contributed by atoms with Crippen molar-refractivity contribution in [1.29, 1.82) is 0 Å². The van der Waals surface area contributed by atoms with E-state index in [1.165, 1.54) is 0 Å². The summed E-state index contributed by atoms with van der Waals surface area (Å²) >= 11 is 0. The molecule has 128 valence electrons. The summed E-state index contributed by atoms with van der Waals surface area (Å²) < 4.78 is 0. The van der Waals surface area contributed by atoms with E-state index < -0.39 is 0 Å². The molecule has 2 aromatic carbocycles. The van der Waals surface area contributed by atoms with Crippen LogP contribution in [-0.2, 0) is 16.0 Å². The Morgan fingerprint density at radius 2 is 1.92 bits per heavy atom. The maximum absolute atomic E-state index is 12.2. The molecule has 4 nitrogen and oxygen atoms in total. The first-order valence-corrected chi connectivity index (χ1v) is 8.54. The van der Waals surface area contributed by atoms with Crippen LogP contribution in [0.5, 0.6) is 0 Å². The Bertz CT molecular complexity index is 931. The molecule has 1 atom stereocenters. The van der Waals surface area contributed by atoms with Crippen molar-refractivity contribution in [1.82, 2.24) is 5.32 Å². The predicted molar refractivity (Wildman–Crippen MR) is 97.4 cm³/mol. The highest BCUT2D eigenvalue weighted by Crippen LogP contribution is 2.09. The van der Waals surface area contributed by atoms with Crippen LogP contribution in [0.3, 0.4) is 0 Å². The first-order valence-electron chi connectivity index (χ1n) is 8.54. The number of rotatable bonds is 5. The van der Waals surface area contributed by atoms with Crippen molar-refractivity contribution in [2.45, 2.75) is 26.7 Å². The second kappa shape index (κ2) is 7.43. The molecule has 1 heterocycles. The van der Waals surface area contributed by atoms with E-state index in [9.17, 15) is 9.59 Å². The molecule has 2 aromatic rings. The number of hydrogen-bond acceptors (Lipinski definition) is 2. The first kappa shape index (κ1) is 17.1. The van der Waals surface area contributed by atoms with Crippen LogP contribution >= 0.6 is 0 Å². The van der Waals surface area contributed by atoms with Crippen molar-refractivity contribution in [3.8, 4) is 0 Å². The minimum absolute atomic E-state index is 0.0261. The molecular weight excluding hydrogens is 312 g/mol. The van der Waals surface area contributed by atoms with Crippen LogP contribution in [0.4, 0.5) is 0 Å². The Hall–Kier alpha value is -2.75. The Morgan fingerprint density at radius 3 is 2.72 bits per heavy atom. The fourth-order valence-electron chi connectivity index (χ4n) is 3.03. The van der Waals surface area contributed by atoms with Crippen molar-refractivity contribution >= 4 is 17.9 Å². The van der Waals surface area contributed by atoms with Crippen LogP contribution in [-0.4, -0.2) is 18.4 Å². The minimum atomic E-state index is -0.269. The van der Waals surface area contributed by atoms with Gasteiger partial charge in [-0.15, -0.1) is 0 Å². The number of carbonyl (C=O) groups excluding carboxylic acids is 2. The van der Waals surface area contributed by atoms with Crippen molar-refractivity contribution in [2.24, 2.45) is 10.9 Å². The SMILES string of the molecule is Cc1cccc(CC(=O)NCCC2C=c3ccc(C)cc3=NC2=O)c1.